The number of aromatic nitrogens is 1. The molecule has 3 N–H and O–H groups in total. The summed E-state index contributed by atoms with van der Waals surface area (Å²) in [4.78, 5) is 43.7. The molecule has 0 saturated carbocycles. The van der Waals surface area contributed by atoms with Crippen molar-refractivity contribution in [2.24, 2.45) is 0 Å². The lowest BCUT2D eigenvalue weighted by Crippen LogP contribution is -2.30. The van der Waals surface area contributed by atoms with Gasteiger partial charge >= 0.3 is 0 Å². The molecule has 3 amide bonds. The molecule has 1 aliphatic heterocycles. The summed E-state index contributed by atoms with van der Waals surface area (Å²) in [5.74, 6) is 0.211. The number of carbonyl (C=O) groups excluding carboxylic acids is 3. The first-order chi connectivity index (χ1) is 20.4. The van der Waals surface area contributed by atoms with Crippen LogP contribution in [-0.2, 0) is 9.59 Å². The van der Waals surface area contributed by atoms with Gasteiger partial charge in [-0.1, -0.05) is 24.3 Å². The molecule has 0 radical (unpaired) electrons. The second kappa shape index (κ2) is 13.5. The lowest BCUT2D eigenvalue weighted by atomic mass is 10.2. The molecule has 1 unspecified atom stereocenters. The van der Waals surface area contributed by atoms with Gasteiger partial charge in [0, 0.05) is 40.3 Å². The number of nitrogens with zero attached hydrogens (tertiary/aromatic N) is 1. The summed E-state index contributed by atoms with van der Waals surface area (Å²) in [6.45, 7) is 2.79. The summed E-state index contributed by atoms with van der Waals surface area (Å²) in [6, 6.07) is 24.6. The Hall–Kier alpha value is -5.09. The molecule has 10 heteroatoms. The van der Waals surface area contributed by atoms with Crippen molar-refractivity contribution < 1.29 is 23.9 Å². The van der Waals surface area contributed by atoms with Crippen LogP contribution in [-0.4, -0.2) is 41.2 Å². The van der Waals surface area contributed by atoms with Gasteiger partial charge in [-0.3, -0.25) is 19.4 Å². The molecule has 5 rings (SSSR count). The van der Waals surface area contributed by atoms with E-state index >= 15 is 0 Å². The Morgan fingerprint density at radius 3 is 2.33 bits per heavy atom. The van der Waals surface area contributed by atoms with Crippen LogP contribution >= 0.6 is 11.8 Å². The Morgan fingerprint density at radius 2 is 1.60 bits per heavy atom. The van der Waals surface area contributed by atoms with Crippen LogP contribution in [0.25, 0.3) is 6.08 Å². The molecule has 2 heterocycles. The second-order valence-corrected chi connectivity index (χ2v) is 10.7. The van der Waals surface area contributed by atoms with E-state index < -0.39 is 11.8 Å². The minimum absolute atomic E-state index is 0.0692. The van der Waals surface area contributed by atoms with Gasteiger partial charge in [0.05, 0.1) is 5.25 Å². The minimum Gasteiger partial charge on any atom is -0.486 e. The zero-order valence-corrected chi connectivity index (χ0v) is 23.5. The number of nitrogens with one attached hydrogen (secondary N) is 3. The maximum absolute atomic E-state index is 13.2. The molecular weight excluding hydrogens is 552 g/mol. The predicted octanol–water partition coefficient (Wildman–Crippen LogP) is 5.38. The Labute approximate surface area is 247 Å². The van der Waals surface area contributed by atoms with Crippen LogP contribution in [0.15, 0.2) is 108 Å². The summed E-state index contributed by atoms with van der Waals surface area (Å²) >= 11 is 1.39. The Kier molecular flexibility index (Phi) is 9.15. The van der Waals surface area contributed by atoms with Gasteiger partial charge in [-0.25, -0.2) is 0 Å². The van der Waals surface area contributed by atoms with E-state index in [-0.39, 0.29) is 16.9 Å². The molecule has 42 heavy (non-hydrogen) atoms. The molecule has 0 saturated heterocycles. The minimum atomic E-state index is -0.490. The molecular formula is C32H28N4O5S. The highest BCUT2D eigenvalue weighted by Gasteiger charge is 2.18. The number of carbonyl (C=O) groups is 3. The highest BCUT2D eigenvalue weighted by molar-refractivity contribution is 8.00. The summed E-state index contributed by atoms with van der Waals surface area (Å²) < 4.78 is 11.1. The third kappa shape index (κ3) is 7.55. The largest absolute Gasteiger partial charge is 0.486 e. The van der Waals surface area contributed by atoms with Crippen LogP contribution in [0.3, 0.4) is 0 Å². The number of ether oxygens (including phenoxy) is 2. The van der Waals surface area contributed by atoms with Crippen LogP contribution in [0, 0.1) is 0 Å². The van der Waals surface area contributed by atoms with Gasteiger partial charge in [-0.2, -0.15) is 0 Å². The normalized spacial score (nSPS) is 13.0. The van der Waals surface area contributed by atoms with Gasteiger partial charge < -0.3 is 25.4 Å². The molecule has 1 aromatic heterocycles. The summed E-state index contributed by atoms with van der Waals surface area (Å²) in [5, 5.41) is 8.06. The fourth-order valence-electron chi connectivity index (χ4n) is 4.01. The topological polar surface area (TPSA) is 119 Å². The van der Waals surface area contributed by atoms with Crippen molar-refractivity contribution in [3.8, 4) is 11.5 Å². The van der Waals surface area contributed by atoms with E-state index in [1.807, 2.05) is 25.1 Å². The van der Waals surface area contributed by atoms with Crippen molar-refractivity contribution in [3.63, 3.8) is 0 Å². The molecule has 0 aliphatic carbocycles. The first-order valence-electron chi connectivity index (χ1n) is 13.2. The maximum Gasteiger partial charge on any atom is 0.272 e. The van der Waals surface area contributed by atoms with E-state index in [4.69, 9.17) is 9.47 Å². The molecule has 0 spiro atoms. The molecule has 4 aromatic rings. The molecule has 1 atom stereocenters. The fourth-order valence-corrected chi connectivity index (χ4v) is 4.88. The summed E-state index contributed by atoms with van der Waals surface area (Å²) in [6.07, 6.45) is 4.79. The average molecular weight is 581 g/mol. The Bertz CT molecular complexity index is 1590. The molecule has 212 valence electrons. The van der Waals surface area contributed by atoms with Gasteiger partial charge in [0.25, 0.3) is 11.8 Å². The van der Waals surface area contributed by atoms with Crippen molar-refractivity contribution in [2.75, 3.05) is 23.8 Å². The summed E-state index contributed by atoms with van der Waals surface area (Å²) in [7, 11) is 0. The van der Waals surface area contributed by atoms with Crippen LogP contribution in [0.1, 0.15) is 22.8 Å². The number of hydrogen-bond donors (Lipinski definition) is 3. The maximum atomic E-state index is 13.2. The molecule has 0 fully saturated rings. The van der Waals surface area contributed by atoms with Crippen LogP contribution in [0.4, 0.5) is 11.4 Å². The summed E-state index contributed by atoms with van der Waals surface area (Å²) in [5.41, 5.74) is 2.31. The van der Waals surface area contributed by atoms with Gasteiger partial charge in [-0.05, 0) is 73.2 Å². The third-order valence-corrected chi connectivity index (χ3v) is 7.24. The van der Waals surface area contributed by atoms with E-state index in [9.17, 15) is 14.4 Å². The van der Waals surface area contributed by atoms with Crippen LogP contribution in [0.2, 0.25) is 0 Å². The van der Waals surface area contributed by atoms with Gasteiger partial charge in [0.1, 0.15) is 18.9 Å². The lowest BCUT2D eigenvalue weighted by Gasteiger charge is -2.19. The van der Waals surface area contributed by atoms with Crippen molar-refractivity contribution >= 4 is 46.9 Å². The number of thioether (sulfide) groups is 1. The average Bonchev–Trinajstić information content (AvgIpc) is 3.02. The van der Waals surface area contributed by atoms with Crippen molar-refractivity contribution in [1.29, 1.82) is 0 Å². The van der Waals surface area contributed by atoms with E-state index in [0.29, 0.717) is 47.2 Å². The monoisotopic (exact) mass is 580 g/mol. The predicted molar refractivity (Wildman–Crippen MR) is 163 cm³/mol. The smallest absolute Gasteiger partial charge is 0.272 e. The first kappa shape index (κ1) is 28.4. The highest BCUT2D eigenvalue weighted by atomic mass is 32.2. The number of fused-ring (bicyclic) bond motifs is 1. The number of pyridine rings is 1. The third-order valence-electron chi connectivity index (χ3n) is 6.13. The SMILES string of the molecule is CC(Sc1ccc(NC(=O)/C(=C/c2cccnc2)NC(=O)c2ccccc2)cc1)C(=O)Nc1ccc2c(c1)OCCO2. The first-order valence-corrected chi connectivity index (χ1v) is 14.1. The number of hydrogen-bond acceptors (Lipinski definition) is 7. The lowest BCUT2D eigenvalue weighted by molar-refractivity contribution is -0.115. The number of benzene rings is 3. The van der Waals surface area contributed by atoms with Crippen molar-refractivity contribution in [2.45, 2.75) is 17.1 Å². The molecule has 3 aromatic carbocycles. The van der Waals surface area contributed by atoms with Crippen molar-refractivity contribution in [3.05, 3.63) is 114 Å². The van der Waals surface area contributed by atoms with E-state index in [2.05, 4.69) is 20.9 Å². The van der Waals surface area contributed by atoms with Gasteiger partial charge in [0.2, 0.25) is 5.91 Å². The molecule has 0 bridgehead atoms. The fraction of sp³-hybridized carbons (Fsp3) is 0.125. The Morgan fingerprint density at radius 1 is 0.857 bits per heavy atom. The van der Waals surface area contributed by atoms with E-state index in [1.165, 1.54) is 11.8 Å². The quantitative estimate of drug-likeness (QED) is 0.180. The number of rotatable bonds is 9. The van der Waals surface area contributed by atoms with Gasteiger partial charge in [-0.15, -0.1) is 11.8 Å². The van der Waals surface area contributed by atoms with Gasteiger partial charge in [0.15, 0.2) is 11.5 Å². The van der Waals surface area contributed by atoms with Crippen LogP contribution in [0.5, 0.6) is 11.5 Å². The standard InChI is InChI=1S/C32H28N4O5S/c1-21(30(37)35-25-11-14-28-29(19-25)41-17-16-40-28)42-26-12-9-24(10-13-26)34-32(39)27(18-22-6-5-15-33-20-22)36-31(38)23-7-3-2-4-8-23/h2-15,18-21H,16-17H2,1H3,(H,34,39)(H,35,37)(H,36,38)/b27-18-. The zero-order chi connectivity index (χ0) is 29.3. The molecule has 1 aliphatic rings. The molecule has 9 nitrogen and oxygen atoms in total. The Balaban J connectivity index is 1.21. The van der Waals surface area contributed by atoms with Crippen LogP contribution < -0.4 is 25.4 Å². The second-order valence-electron chi connectivity index (χ2n) is 9.25. The number of amides is 3. The zero-order valence-electron chi connectivity index (χ0n) is 22.7. The number of anilines is 2. The highest BCUT2D eigenvalue weighted by Crippen LogP contribution is 2.33. The van der Waals surface area contributed by atoms with Crippen molar-refractivity contribution in [1.82, 2.24) is 10.3 Å². The van der Waals surface area contributed by atoms with E-state index in [0.717, 1.165) is 4.90 Å². The van der Waals surface area contributed by atoms with E-state index in [1.54, 1.807) is 85.2 Å².